The zero-order valence-electron chi connectivity index (χ0n) is 11.8. The van der Waals surface area contributed by atoms with E-state index in [1.165, 1.54) is 0 Å². The summed E-state index contributed by atoms with van der Waals surface area (Å²) in [7, 11) is 3.43. The fourth-order valence-corrected chi connectivity index (χ4v) is 3.04. The predicted octanol–water partition coefficient (Wildman–Crippen LogP) is 3.97. The highest BCUT2D eigenvalue weighted by molar-refractivity contribution is 9.10. The van der Waals surface area contributed by atoms with Gasteiger partial charge in [-0.2, -0.15) is 0 Å². The fourth-order valence-electron chi connectivity index (χ4n) is 2.48. The number of para-hydroxylation sites is 1. The standard InChI is InChI=1S/C17H14BrNO2/c1-19-15-6-4-3-5-12(15)13(17(19)20)9-11-7-8-16(21-2)14(18)10-11/h3-10H,1-2H3/b13-9+. The van der Waals surface area contributed by atoms with E-state index in [1.54, 1.807) is 19.1 Å². The molecule has 0 fully saturated rings. The van der Waals surface area contributed by atoms with Crippen molar-refractivity contribution in [1.82, 2.24) is 0 Å². The van der Waals surface area contributed by atoms with Crippen LogP contribution in [0.2, 0.25) is 0 Å². The van der Waals surface area contributed by atoms with Gasteiger partial charge in [0.2, 0.25) is 0 Å². The number of benzene rings is 2. The number of fused-ring (bicyclic) bond motifs is 1. The van der Waals surface area contributed by atoms with Crippen LogP contribution < -0.4 is 9.64 Å². The Morgan fingerprint density at radius 1 is 1.19 bits per heavy atom. The Labute approximate surface area is 132 Å². The number of ether oxygens (including phenoxy) is 1. The van der Waals surface area contributed by atoms with Crippen molar-refractivity contribution in [2.75, 3.05) is 19.1 Å². The second-order valence-electron chi connectivity index (χ2n) is 4.83. The minimum Gasteiger partial charge on any atom is -0.496 e. The normalized spacial score (nSPS) is 15.5. The maximum absolute atomic E-state index is 12.4. The molecule has 0 radical (unpaired) electrons. The first-order valence-corrected chi connectivity index (χ1v) is 7.34. The molecular weight excluding hydrogens is 330 g/mol. The third kappa shape index (κ3) is 2.36. The molecule has 2 aromatic rings. The largest absolute Gasteiger partial charge is 0.496 e. The van der Waals surface area contributed by atoms with Gasteiger partial charge in [-0.15, -0.1) is 0 Å². The van der Waals surface area contributed by atoms with Gasteiger partial charge in [0, 0.05) is 18.2 Å². The highest BCUT2D eigenvalue weighted by atomic mass is 79.9. The average Bonchev–Trinajstić information content (AvgIpc) is 2.73. The molecule has 0 unspecified atom stereocenters. The summed E-state index contributed by atoms with van der Waals surface area (Å²) in [4.78, 5) is 14.1. The number of hydrogen-bond acceptors (Lipinski definition) is 2. The second-order valence-corrected chi connectivity index (χ2v) is 5.69. The molecule has 2 aromatic carbocycles. The van der Waals surface area contributed by atoms with E-state index in [9.17, 15) is 4.79 Å². The Balaban J connectivity index is 2.08. The zero-order valence-corrected chi connectivity index (χ0v) is 13.3. The molecule has 0 aliphatic carbocycles. The molecule has 0 aromatic heterocycles. The van der Waals surface area contributed by atoms with Gasteiger partial charge in [0.15, 0.2) is 0 Å². The van der Waals surface area contributed by atoms with Gasteiger partial charge in [-0.3, -0.25) is 4.79 Å². The van der Waals surface area contributed by atoms with E-state index in [4.69, 9.17) is 4.74 Å². The minimum absolute atomic E-state index is 0.0168. The van der Waals surface area contributed by atoms with Crippen molar-refractivity contribution < 1.29 is 9.53 Å². The first-order valence-electron chi connectivity index (χ1n) is 6.54. The van der Waals surface area contributed by atoms with Gasteiger partial charge >= 0.3 is 0 Å². The van der Waals surface area contributed by atoms with Crippen molar-refractivity contribution in [3.8, 4) is 5.75 Å². The van der Waals surface area contributed by atoms with E-state index in [0.29, 0.717) is 5.57 Å². The lowest BCUT2D eigenvalue weighted by molar-refractivity contribution is -0.112. The summed E-state index contributed by atoms with van der Waals surface area (Å²) in [6.45, 7) is 0. The predicted molar refractivity (Wildman–Crippen MR) is 88.4 cm³/mol. The molecule has 0 saturated carbocycles. The summed E-state index contributed by atoms with van der Waals surface area (Å²) >= 11 is 3.47. The third-order valence-corrected chi connectivity index (χ3v) is 4.20. The molecule has 1 aliphatic heterocycles. The SMILES string of the molecule is COc1ccc(/C=C2/C(=O)N(C)c3ccccc32)cc1Br. The Morgan fingerprint density at radius 3 is 2.67 bits per heavy atom. The van der Waals surface area contributed by atoms with Crippen molar-refractivity contribution in [1.29, 1.82) is 0 Å². The summed E-state index contributed by atoms with van der Waals surface area (Å²) in [5.41, 5.74) is 3.58. The van der Waals surface area contributed by atoms with Crippen LogP contribution in [-0.4, -0.2) is 20.1 Å². The Bertz CT molecular complexity index is 752. The molecule has 1 aliphatic rings. The van der Waals surface area contributed by atoms with Crippen LogP contribution >= 0.6 is 15.9 Å². The summed E-state index contributed by atoms with van der Waals surface area (Å²) in [5.74, 6) is 0.788. The number of amides is 1. The molecule has 0 spiro atoms. The number of methoxy groups -OCH3 is 1. The maximum atomic E-state index is 12.4. The average molecular weight is 344 g/mol. The molecule has 4 heteroatoms. The summed E-state index contributed by atoms with van der Waals surface area (Å²) < 4.78 is 6.09. The molecule has 0 N–H and O–H groups in total. The first kappa shape index (κ1) is 13.9. The van der Waals surface area contributed by atoms with Crippen LogP contribution in [0.15, 0.2) is 46.9 Å². The van der Waals surface area contributed by atoms with E-state index >= 15 is 0 Å². The lowest BCUT2D eigenvalue weighted by Gasteiger charge is -2.08. The van der Waals surface area contributed by atoms with Crippen molar-refractivity contribution >= 4 is 39.2 Å². The number of rotatable bonds is 2. The number of carbonyl (C=O) groups excluding carboxylic acids is 1. The van der Waals surface area contributed by atoms with Crippen LogP contribution in [0.3, 0.4) is 0 Å². The van der Waals surface area contributed by atoms with Crippen molar-refractivity contribution in [2.45, 2.75) is 0 Å². The number of halogens is 1. The second kappa shape index (κ2) is 5.37. The number of hydrogen-bond donors (Lipinski definition) is 0. The van der Waals surface area contributed by atoms with Gasteiger partial charge in [-0.1, -0.05) is 24.3 Å². The Morgan fingerprint density at radius 2 is 1.95 bits per heavy atom. The van der Waals surface area contributed by atoms with E-state index in [0.717, 1.165) is 27.0 Å². The summed E-state index contributed by atoms with van der Waals surface area (Å²) in [6.07, 6.45) is 1.91. The van der Waals surface area contributed by atoms with E-state index in [-0.39, 0.29) is 5.91 Å². The monoisotopic (exact) mass is 343 g/mol. The number of carbonyl (C=O) groups is 1. The quantitative estimate of drug-likeness (QED) is 0.772. The van der Waals surface area contributed by atoms with Crippen molar-refractivity contribution in [3.63, 3.8) is 0 Å². The Hall–Kier alpha value is -2.07. The number of nitrogens with zero attached hydrogens (tertiary/aromatic N) is 1. The highest BCUT2D eigenvalue weighted by Gasteiger charge is 2.28. The summed E-state index contributed by atoms with van der Waals surface area (Å²) in [5, 5.41) is 0. The molecule has 0 atom stereocenters. The van der Waals surface area contributed by atoms with Crippen LogP contribution in [0.1, 0.15) is 11.1 Å². The first-order chi connectivity index (χ1) is 10.1. The molecule has 106 valence electrons. The molecule has 0 saturated heterocycles. The number of likely N-dealkylation sites (N-methyl/N-ethyl adjacent to an activating group) is 1. The molecule has 3 nitrogen and oxygen atoms in total. The molecule has 3 rings (SSSR count). The van der Waals surface area contributed by atoms with Gasteiger partial charge < -0.3 is 9.64 Å². The highest BCUT2D eigenvalue weighted by Crippen LogP contribution is 2.37. The van der Waals surface area contributed by atoms with E-state index in [2.05, 4.69) is 15.9 Å². The molecular formula is C17H14BrNO2. The van der Waals surface area contributed by atoms with Crippen LogP contribution in [0.5, 0.6) is 5.75 Å². The molecule has 1 heterocycles. The van der Waals surface area contributed by atoms with Crippen LogP contribution in [0.25, 0.3) is 11.6 Å². The van der Waals surface area contributed by atoms with Crippen molar-refractivity contribution in [2.24, 2.45) is 0 Å². The maximum Gasteiger partial charge on any atom is 0.258 e. The third-order valence-electron chi connectivity index (χ3n) is 3.58. The van der Waals surface area contributed by atoms with Gasteiger partial charge in [-0.05, 0) is 45.8 Å². The van der Waals surface area contributed by atoms with Crippen molar-refractivity contribution in [3.05, 3.63) is 58.1 Å². The van der Waals surface area contributed by atoms with E-state index in [1.807, 2.05) is 48.5 Å². The van der Waals surface area contributed by atoms with Gasteiger partial charge in [0.05, 0.1) is 17.3 Å². The van der Waals surface area contributed by atoms with Crippen LogP contribution in [-0.2, 0) is 4.79 Å². The topological polar surface area (TPSA) is 29.5 Å². The fraction of sp³-hybridized carbons (Fsp3) is 0.118. The smallest absolute Gasteiger partial charge is 0.258 e. The van der Waals surface area contributed by atoms with Crippen LogP contribution in [0.4, 0.5) is 5.69 Å². The van der Waals surface area contributed by atoms with Crippen LogP contribution in [0, 0.1) is 0 Å². The van der Waals surface area contributed by atoms with Gasteiger partial charge in [0.25, 0.3) is 5.91 Å². The van der Waals surface area contributed by atoms with E-state index < -0.39 is 0 Å². The molecule has 0 bridgehead atoms. The molecule has 21 heavy (non-hydrogen) atoms. The van der Waals surface area contributed by atoms with Gasteiger partial charge in [-0.25, -0.2) is 0 Å². The summed E-state index contributed by atoms with van der Waals surface area (Å²) in [6, 6.07) is 13.6. The minimum atomic E-state index is 0.0168. The zero-order chi connectivity index (χ0) is 15.0. The van der Waals surface area contributed by atoms with Gasteiger partial charge in [0.1, 0.15) is 5.75 Å². The lowest BCUT2D eigenvalue weighted by atomic mass is 10.0. The molecule has 1 amide bonds. The number of anilines is 1. The Kier molecular flexibility index (Phi) is 3.55. The lowest BCUT2D eigenvalue weighted by Crippen LogP contribution is -2.20.